The van der Waals surface area contributed by atoms with Crippen LogP contribution in [0.5, 0.6) is 11.5 Å². The van der Waals surface area contributed by atoms with Crippen LogP contribution in [-0.2, 0) is 17.8 Å². The minimum Gasteiger partial charge on any atom is -0.493 e. The van der Waals surface area contributed by atoms with E-state index in [1.165, 1.54) is 4.90 Å². The van der Waals surface area contributed by atoms with Crippen molar-refractivity contribution in [2.24, 2.45) is 0 Å². The number of carbonyl (C=O) groups is 2. The molecule has 1 heterocycles. The zero-order valence-electron chi connectivity index (χ0n) is 14.8. The molecular weight excluding hydrogens is 350 g/mol. The molecule has 0 radical (unpaired) electrons. The van der Waals surface area contributed by atoms with E-state index in [1.54, 1.807) is 7.11 Å². The zero-order valence-corrected chi connectivity index (χ0v) is 15.6. The highest BCUT2D eigenvalue weighted by atomic mass is 32.2. The highest BCUT2D eigenvalue weighted by Crippen LogP contribution is 2.33. The van der Waals surface area contributed by atoms with Gasteiger partial charge in [-0.05, 0) is 36.6 Å². The number of rotatable bonds is 7. The van der Waals surface area contributed by atoms with E-state index in [2.05, 4.69) is 0 Å². The summed E-state index contributed by atoms with van der Waals surface area (Å²) in [6.07, 6.45) is 0.477. The number of methoxy groups -OCH3 is 1. The first-order chi connectivity index (χ1) is 12.6. The van der Waals surface area contributed by atoms with Crippen LogP contribution in [0.1, 0.15) is 18.1 Å². The summed E-state index contributed by atoms with van der Waals surface area (Å²) >= 11 is 1.09. The Morgan fingerprint density at radius 1 is 1.04 bits per heavy atom. The van der Waals surface area contributed by atoms with Gasteiger partial charge in [-0.25, -0.2) is 0 Å². The Balaban J connectivity index is 1.72. The molecule has 0 aliphatic carbocycles. The van der Waals surface area contributed by atoms with Crippen molar-refractivity contribution in [1.29, 1.82) is 0 Å². The molecule has 0 unspecified atom stereocenters. The second kappa shape index (κ2) is 8.27. The van der Waals surface area contributed by atoms with Gasteiger partial charge in [-0.15, -0.1) is 0 Å². The normalized spacial score (nSPS) is 16.8. The molecule has 0 bridgehead atoms. The summed E-state index contributed by atoms with van der Waals surface area (Å²) in [6, 6.07) is 15.1. The minimum atomic E-state index is -0.408. The monoisotopic (exact) mass is 371 g/mol. The molecule has 1 fully saturated rings. The molecule has 136 valence electrons. The molecule has 2 amide bonds. The molecule has 5 nitrogen and oxygen atoms in total. The summed E-state index contributed by atoms with van der Waals surface area (Å²) in [7, 11) is 1.59. The smallest absolute Gasteiger partial charge is 0.289 e. The fourth-order valence-corrected chi connectivity index (χ4v) is 3.90. The number of nitrogens with zero attached hydrogens (tertiary/aromatic N) is 1. The second-order valence-electron chi connectivity index (χ2n) is 5.90. The molecule has 1 aliphatic heterocycles. The Morgan fingerprint density at radius 2 is 1.81 bits per heavy atom. The lowest BCUT2D eigenvalue weighted by Gasteiger charge is -2.14. The SMILES string of the molecule is CCOc1cc(C[C@H]2SC(=O)N(Cc3ccccc3)C2=O)ccc1OC. The predicted molar refractivity (Wildman–Crippen MR) is 102 cm³/mol. The van der Waals surface area contributed by atoms with Gasteiger partial charge in [0, 0.05) is 0 Å². The summed E-state index contributed by atoms with van der Waals surface area (Å²) < 4.78 is 10.9. The summed E-state index contributed by atoms with van der Waals surface area (Å²) in [5.74, 6) is 1.16. The summed E-state index contributed by atoms with van der Waals surface area (Å²) in [6.45, 7) is 2.75. The second-order valence-corrected chi connectivity index (χ2v) is 7.06. The van der Waals surface area contributed by atoms with Crippen LogP contribution in [0.2, 0.25) is 0 Å². The van der Waals surface area contributed by atoms with Crippen molar-refractivity contribution in [2.75, 3.05) is 13.7 Å². The van der Waals surface area contributed by atoms with Crippen LogP contribution in [0.15, 0.2) is 48.5 Å². The highest BCUT2D eigenvalue weighted by Gasteiger charge is 2.39. The number of hydrogen-bond donors (Lipinski definition) is 0. The lowest BCUT2D eigenvalue weighted by atomic mass is 10.1. The van der Waals surface area contributed by atoms with Crippen molar-refractivity contribution in [2.45, 2.75) is 25.1 Å². The van der Waals surface area contributed by atoms with Gasteiger partial charge >= 0.3 is 0 Å². The first-order valence-electron chi connectivity index (χ1n) is 8.48. The van der Waals surface area contributed by atoms with Gasteiger partial charge in [-0.2, -0.15) is 0 Å². The molecule has 26 heavy (non-hydrogen) atoms. The number of thioether (sulfide) groups is 1. The van der Waals surface area contributed by atoms with E-state index in [1.807, 2.05) is 55.5 Å². The lowest BCUT2D eigenvalue weighted by molar-refractivity contribution is -0.127. The van der Waals surface area contributed by atoms with E-state index >= 15 is 0 Å². The van der Waals surface area contributed by atoms with Crippen LogP contribution < -0.4 is 9.47 Å². The zero-order chi connectivity index (χ0) is 18.5. The van der Waals surface area contributed by atoms with E-state index in [0.717, 1.165) is 22.9 Å². The fourth-order valence-electron chi connectivity index (χ4n) is 2.87. The van der Waals surface area contributed by atoms with E-state index in [9.17, 15) is 9.59 Å². The molecule has 0 aromatic heterocycles. The van der Waals surface area contributed by atoms with Gasteiger partial charge in [0.15, 0.2) is 11.5 Å². The number of hydrogen-bond acceptors (Lipinski definition) is 5. The van der Waals surface area contributed by atoms with Gasteiger partial charge < -0.3 is 9.47 Å². The predicted octanol–water partition coefficient (Wildman–Crippen LogP) is 3.90. The Labute approximate surface area is 157 Å². The minimum absolute atomic E-state index is 0.141. The maximum Gasteiger partial charge on any atom is 0.289 e. The Kier molecular flexibility index (Phi) is 5.83. The summed E-state index contributed by atoms with van der Waals surface area (Å²) in [5, 5.41) is -0.600. The van der Waals surface area contributed by atoms with Crippen molar-refractivity contribution < 1.29 is 19.1 Å². The van der Waals surface area contributed by atoms with Gasteiger partial charge in [0.25, 0.3) is 5.24 Å². The molecule has 2 aromatic rings. The van der Waals surface area contributed by atoms with Gasteiger partial charge in [0.1, 0.15) is 0 Å². The Hall–Kier alpha value is -2.47. The number of carbonyl (C=O) groups excluding carboxylic acids is 2. The van der Waals surface area contributed by atoms with Gasteiger partial charge in [0.2, 0.25) is 5.91 Å². The Morgan fingerprint density at radius 3 is 2.50 bits per heavy atom. The summed E-state index contributed by atoms with van der Waals surface area (Å²) in [5.41, 5.74) is 1.88. The number of imide groups is 1. The summed E-state index contributed by atoms with van der Waals surface area (Å²) in [4.78, 5) is 26.3. The third-order valence-corrected chi connectivity index (χ3v) is 5.21. The van der Waals surface area contributed by atoms with Crippen molar-refractivity contribution >= 4 is 22.9 Å². The van der Waals surface area contributed by atoms with Gasteiger partial charge in [0.05, 0.1) is 25.5 Å². The van der Waals surface area contributed by atoms with Crippen LogP contribution in [0.4, 0.5) is 4.79 Å². The molecule has 3 rings (SSSR count). The topological polar surface area (TPSA) is 55.8 Å². The standard InChI is InChI=1S/C20H21NO4S/c1-3-25-17-11-15(9-10-16(17)24-2)12-18-19(22)21(20(23)26-18)13-14-7-5-4-6-8-14/h4-11,18H,3,12-13H2,1-2H3/t18-/m1/s1. The largest absolute Gasteiger partial charge is 0.493 e. The quantitative estimate of drug-likeness (QED) is 0.739. The number of amides is 2. The lowest BCUT2D eigenvalue weighted by Crippen LogP contribution is -2.31. The van der Waals surface area contributed by atoms with Crippen LogP contribution in [0.3, 0.4) is 0 Å². The molecule has 1 atom stereocenters. The van der Waals surface area contributed by atoms with Crippen molar-refractivity contribution in [3.05, 3.63) is 59.7 Å². The molecule has 6 heteroatoms. The molecule has 1 aliphatic rings. The maximum absolute atomic E-state index is 12.7. The van der Waals surface area contributed by atoms with E-state index in [-0.39, 0.29) is 11.1 Å². The molecular formula is C20H21NO4S. The van der Waals surface area contributed by atoms with Crippen LogP contribution in [-0.4, -0.2) is 35.0 Å². The third-order valence-electron chi connectivity index (χ3n) is 4.14. The average molecular weight is 371 g/mol. The van der Waals surface area contributed by atoms with Crippen molar-refractivity contribution in [3.8, 4) is 11.5 Å². The van der Waals surface area contributed by atoms with E-state index < -0.39 is 5.25 Å². The first-order valence-corrected chi connectivity index (χ1v) is 9.36. The molecule has 0 spiro atoms. The Bertz CT molecular complexity index is 794. The van der Waals surface area contributed by atoms with Crippen molar-refractivity contribution in [1.82, 2.24) is 4.90 Å². The number of ether oxygens (including phenoxy) is 2. The van der Waals surface area contributed by atoms with Crippen molar-refractivity contribution in [3.63, 3.8) is 0 Å². The number of benzene rings is 2. The third kappa shape index (κ3) is 4.02. The first kappa shape index (κ1) is 18.3. The van der Waals surface area contributed by atoms with E-state index in [0.29, 0.717) is 31.1 Å². The molecule has 2 aromatic carbocycles. The maximum atomic E-state index is 12.7. The molecule has 1 saturated heterocycles. The fraction of sp³-hybridized carbons (Fsp3) is 0.300. The van der Waals surface area contributed by atoms with Crippen LogP contribution in [0, 0.1) is 0 Å². The molecule has 0 saturated carbocycles. The van der Waals surface area contributed by atoms with Gasteiger partial charge in [-0.1, -0.05) is 48.2 Å². The average Bonchev–Trinajstić information content (AvgIpc) is 2.91. The van der Waals surface area contributed by atoms with Crippen LogP contribution >= 0.6 is 11.8 Å². The molecule has 0 N–H and O–H groups in total. The highest BCUT2D eigenvalue weighted by molar-refractivity contribution is 8.15. The van der Waals surface area contributed by atoms with E-state index in [4.69, 9.17) is 9.47 Å². The van der Waals surface area contributed by atoms with Crippen LogP contribution in [0.25, 0.3) is 0 Å². The van der Waals surface area contributed by atoms with Gasteiger partial charge in [-0.3, -0.25) is 14.5 Å².